The van der Waals surface area contributed by atoms with Crippen LogP contribution >= 0.6 is 0 Å². The van der Waals surface area contributed by atoms with E-state index in [1.54, 1.807) is 0 Å². The van der Waals surface area contributed by atoms with Gasteiger partial charge in [0.25, 0.3) is 0 Å². The van der Waals surface area contributed by atoms with E-state index in [1.807, 2.05) is 13.8 Å². The molecule has 5 nitrogen and oxygen atoms in total. The summed E-state index contributed by atoms with van der Waals surface area (Å²) < 4.78 is 4.74. The van der Waals surface area contributed by atoms with Gasteiger partial charge >= 0.3 is 5.97 Å². The summed E-state index contributed by atoms with van der Waals surface area (Å²) in [7, 11) is 1.30. The smallest absolute Gasteiger partial charge is 0.328 e. The Labute approximate surface area is 114 Å². The molecule has 0 aromatic carbocycles. The summed E-state index contributed by atoms with van der Waals surface area (Å²) in [5.41, 5.74) is 0. The summed E-state index contributed by atoms with van der Waals surface area (Å²) in [4.78, 5) is 35.1. The number of hydrogen-bond donors (Lipinski definition) is 1. The van der Waals surface area contributed by atoms with E-state index in [0.717, 1.165) is 12.8 Å². The number of ether oxygens (including phenoxy) is 1. The SMILES string of the molecule is COC(=O)[C@@H](NC(=O)CC(C)C)[C@@H]1CCCC(=O)C1. The van der Waals surface area contributed by atoms with Crippen LogP contribution in [0.1, 0.15) is 46.0 Å². The monoisotopic (exact) mass is 269 g/mol. The first-order valence-electron chi connectivity index (χ1n) is 6.83. The van der Waals surface area contributed by atoms with Crippen molar-refractivity contribution in [3.05, 3.63) is 0 Å². The van der Waals surface area contributed by atoms with Gasteiger partial charge in [0.05, 0.1) is 7.11 Å². The second kappa shape index (κ2) is 7.26. The molecule has 5 heteroatoms. The standard InChI is InChI=1S/C14H23NO4/c1-9(2)7-12(17)15-13(14(18)19-3)10-5-4-6-11(16)8-10/h9-10,13H,4-8H2,1-3H3,(H,15,17)/t10-,13+/m1/s1. The first kappa shape index (κ1) is 15.7. The van der Waals surface area contributed by atoms with Crippen LogP contribution in [0.5, 0.6) is 0 Å². The van der Waals surface area contributed by atoms with E-state index < -0.39 is 12.0 Å². The van der Waals surface area contributed by atoms with E-state index in [1.165, 1.54) is 7.11 Å². The lowest BCUT2D eigenvalue weighted by atomic mass is 9.83. The van der Waals surface area contributed by atoms with Crippen LogP contribution in [-0.4, -0.2) is 30.8 Å². The molecule has 0 aliphatic heterocycles. The molecule has 0 radical (unpaired) electrons. The minimum Gasteiger partial charge on any atom is -0.467 e. The number of carbonyl (C=O) groups excluding carboxylic acids is 3. The maximum Gasteiger partial charge on any atom is 0.328 e. The molecule has 1 fully saturated rings. The van der Waals surface area contributed by atoms with Crippen LogP contribution in [0.2, 0.25) is 0 Å². The number of esters is 1. The van der Waals surface area contributed by atoms with Crippen LogP contribution in [-0.2, 0) is 19.1 Å². The Hall–Kier alpha value is -1.39. The van der Waals surface area contributed by atoms with E-state index in [-0.39, 0.29) is 23.5 Å². The highest BCUT2D eigenvalue weighted by Crippen LogP contribution is 2.25. The number of hydrogen-bond acceptors (Lipinski definition) is 4. The number of amides is 1. The number of methoxy groups -OCH3 is 1. The van der Waals surface area contributed by atoms with Crippen LogP contribution in [0.25, 0.3) is 0 Å². The molecule has 1 N–H and O–H groups in total. The third-order valence-electron chi connectivity index (χ3n) is 3.36. The molecule has 19 heavy (non-hydrogen) atoms. The summed E-state index contributed by atoms with van der Waals surface area (Å²) in [6.45, 7) is 3.88. The lowest BCUT2D eigenvalue weighted by Gasteiger charge is -2.28. The van der Waals surface area contributed by atoms with Crippen LogP contribution in [0.3, 0.4) is 0 Å². The van der Waals surface area contributed by atoms with Crippen molar-refractivity contribution in [2.75, 3.05) is 7.11 Å². The van der Waals surface area contributed by atoms with Gasteiger partial charge in [0.1, 0.15) is 11.8 Å². The molecule has 2 atom stereocenters. The zero-order valence-corrected chi connectivity index (χ0v) is 11.9. The Bertz CT molecular complexity index is 351. The molecule has 1 saturated carbocycles. The molecule has 0 saturated heterocycles. The molecule has 1 amide bonds. The quantitative estimate of drug-likeness (QED) is 0.767. The molecule has 0 spiro atoms. The minimum absolute atomic E-state index is 0.134. The lowest BCUT2D eigenvalue weighted by Crippen LogP contribution is -2.48. The highest BCUT2D eigenvalue weighted by atomic mass is 16.5. The average molecular weight is 269 g/mol. The fourth-order valence-electron chi connectivity index (χ4n) is 2.44. The molecule has 108 valence electrons. The average Bonchev–Trinajstić information content (AvgIpc) is 2.34. The van der Waals surface area contributed by atoms with Crippen molar-refractivity contribution in [3.63, 3.8) is 0 Å². The van der Waals surface area contributed by atoms with Crippen molar-refractivity contribution >= 4 is 17.7 Å². The van der Waals surface area contributed by atoms with Crippen molar-refractivity contribution in [1.82, 2.24) is 5.32 Å². The van der Waals surface area contributed by atoms with Gasteiger partial charge in [0.2, 0.25) is 5.91 Å². The van der Waals surface area contributed by atoms with E-state index in [2.05, 4.69) is 5.32 Å². The minimum atomic E-state index is -0.694. The fourth-order valence-corrected chi connectivity index (χ4v) is 2.44. The molecule has 0 aromatic heterocycles. The topological polar surface area (TPSA) is 72.5 Å². The van der Waals surface area contributed by atoms with Crippen molar-refractivity contribution in [2.45, 2.75) is 52.0 Å². The molecule has 0 unspecified atom stereocenters. The summed E-state index contributed by atoms with van der Waals surface area (Å²) in [5.74, 6) is -0.375. The third kappa shape index (κ3) is 5.01. The molecule has 1 aliphatic carbocycles. The number of nitrogens with one attached hydrogen (secondary N) is 1. The second-order valence-electron chi connectivity index (χ2n) is 5.56. The highest BCUT2D eigenvalue weighted by molar-refractivity contribution is 5.86. The first-order valence-corrected chi connectivity index (χ1v) is 6.83. The van der Waals surface area contributed by atoms with E-state index in [0.29, 0.717) is 19.3 Å². The molecule has 1 rings (SSSR count). The largest absolute Gasteiger partial charge is 0.467 e. The zero-order valence-electron chi connectivity index (χ0n) is 11.9. The third-order valence-corrected chi connectivity index (χ3v) is 3.36. The number of carbonyl (C=O) groups is 3. The van der Waals surface area contributed by atoms with Gasteiger partial charge in [-0.3, -0.25) is 9.59 Å². The molecule has 0 heterocycles. The zero-order chi connectivity index (χ0) is 14.4. The van der Waals surface area contributed by atoms with Crippen LogP contribution in [0.15, 0.2) is 0 Å². The Morgan fingerprint density at radius 3 is 2.63 bits per heavy atom. The molecular formula is C14H23NO4. The number of Topliss-reactive ketones (excluding diaryl/α,β-unsaturated/α-hetero) is 1. The summed E-state index contributed by atoms with van der Waals surface area (Å²) in [5, 5.41) is 2.72. The van der Waals surface area contributed by atoms with E-state index in [4.69, 9.17) is 4.74 Å². The van der Waals surface area contributed by atoms with Gasteiger partial charge in [-0.25, -0.2) is 4.79 Å². The van der Waals surface area contributed by atoms with Crippen LogP contribution in [0.4, 0.5) is 0 Å². The normalized spacial score (nSPS) is 21.1. The van der Waals surface area contributed by atoms with Crippen LogP contribution in [0, 0.1) is 11.8 Å². The first-order chi connectivity index (χ1) is 8.93. The van der Waals surface area contributed by atoms with Gasteiger partial charge in [-0.15, -0.1) is 0 Å². The summed E-state index contributed by atoms with van der Waals surface area (Å²) in [6.07, 6.45) is 2.84. The Balaban J connectivity index is 2.68. The summed E-state index contributed by atoms with van der Waals surface area (Å²) in [6, 6.07) is -0.694. The van der Waals surface area contributed by atoms with Gasteiger partial charge < -0.3 is 10.1 Å². The van der Waals surface area contributed by atoms with Crippen LogP contribution < -0.4 is 5.32 Å². The van der Waals surface area contributed by atoms with Gasteiger partial charge in [-0.05, 0) is 24.7 Å². The van der Waals surface area contributed by atoms with Crippen molar-refractivity contribution in [1.29, 1.82) is 0 Å². The van der Waals surface area contributed by atoms with Crippen molar-refractivity contribution in [3.8, 4) is 0 Å². The molecule has 0 aromatic rings. The second-order valence-corrected chi connectivity index (χ2v) is 5.56. The van der Waals surface area contributed by atoms with Crippen molar-refractivity contribution in [2.24, 2.45) is 11.8 Å². The lowest BCUT2D eigenvalue weighted by molar-refractivity contribution is -0.147. The maximum absolute atomic E-state index is 11.8. The number of rotatable bonds is 5. The Morgan fingerprint density at radius 1 is 1.42 bits per heavy atom. The number of ketones is 1. The molecule has 1 aliphatic rings. The van der Waals surface area contributed by atoms with Gasteiger partial charge in [-0.1, -0.05) is 13.8 Å². The highest BCUT2D eigenvalue weighted by Gasteiger charge is 2.34. The van der Waals surface area contributed by atoms with Crippen molar-refractivity contribution < 1.29 is 19.1 Å². The fraction of sp³-hybridized carbons (Fsp3) is 0.786. The maximum atomic E-state index is 11.8. The molecule has 0 bridgehead atoms. The Morgan fingerprint density at radius 2 is 2.11 bits per heavy atom. The van der Waals surface area contributed by atoms with Gasteiger partial charge in [0.15, 0.2) is 0 Å². The Kier molecular flexibility index (Phi) is 5.99. The predicted molar refractivity (Wildman–Crippen MR) is 70.4 cm³/mol. The van der Waals surface area contributed by atoms with E-state index in [9.17, 15) is 14.4 Å². The van der Waals surface area contributed by atoms with Gasteiger partial charge in [0, 0.05) is 19.3 Å². The van der Waals surface area contributed by atoms with E-state index >= 15 is 0 Å². The summed E-state index contributed by atoms with van der Waals surface area (Å²) >= 11 is 0. The predicted octanol–water partition coefficient (Wildman–Crippen LogP) is 1.45. The van der Waals surface area contributed by atoms with Gasteiger partial charge in [-0.2, -0.15) is 0 Å². The molecular weight excluding hydrogens is 246 g/mol.